The average Bonchev–Trinajstić information content (AvgIpc) is 2.75. The molecule has 0 atom stereocenters. The van der Waals surface area contributed by atoms with E-state index in [2.05, 4.69) is 5.32 Å². The minimum Gasteiger partial charge on any atom is -0.397 e. The second-order valence-electron chi connectivity index (χ2n) is 6.65. The molecule has 1 fully saturated rings. The van der Waals surface area contributed by atoms with Crippen molar-refractivity contribution in [1.82, 2.24) is 5.32 Å². The third-order valence-corrected chi connectivity index (χ3v) is 5.10. The van der Waals surface area contributed by atoms with Gasteiger partial charge in [-0.15, -0.1) is 0 Å². The van der Waals surface area contributed by atoms with E-state index < -0.39 is 0 Å². The Labute approximate surface area is 170 Å². The summed E-state index contributed by atoms with van der Waals surface area (Å²) < 4.78 is 5.41. The van der Waals surface area contributed by atoms with Crippen LogP contribution in [0.2, 0.25) is 0 Å². The first kappa shape index (κ1) is 20.0. The molecule has 2 aromatic carbocycles. The van der Waals surface area contributed by atoms with Gasteiger partial charge in [0, 0.05) is 24.8 Å². The SMILES string of the molecule is N=C(C(=C(/N)NC1CCOCC1)/C(Cl)=C(\N)c1ccccc1)c1ccccc1. The first-order chi connectivity index (χ1) is 13.6. The van der Waals surface area contributed by atoms with Crippen LogP contribution in [0.5, 0.6) is 0 Å². The van der Waals surface area contributed by atoms with Gasteiger partial charge in [-0.3, -0.25) is 5.41 Å². The average molecular weight is 397 g/mol. The number of hydrogen-bond donors (Lipinski definition) is 4. The highest BCUT2D eigenvalue weighted by Crippen LogP contribution is 2.27. The van der Waals surface area contributed by atoms with Crippen LogP contribution in [0.15, 0.2) is 77.1 Å². The van der Waals surface area contributed by atoms with Crippen molar-refractivity contribution < 1.29 is 4.74 Å². The molecule has 1 aliphatic rings. The normalized spacial score (nSPS) is 16.8. The molecular weight excluding hydrogens is 372 g/mol. The summed E-state index contributed by atoms with van der Waals surface area (Å²) in [5, 5.41) is 12.3. The predicted molar refractivity (Wildman–Crippen MR) is 115 cm³/mol. The molecule has 0 amide bonds. The summed E-state index contributed by atoms with van der Waals surface area (Å²) in [6.07, 6.45) is 1.70. The van der Waals surface area contributed by atoms with Crippen LogP contribution in [0.25, 0.3) is 5.70 Å². The predicted octanol–water partition coefficient (Wildman–Crippen LogP) is 3.56. The van der Waals surface area contributed by atoms with E-state index in [4.69, 9.17) is 33.2 Å². The lowest BCUT2D eigenvalue weighted by atomic mass is 9.99. The molecule has 0 unspecified atom stereocenters. The maximum absolute atomic E-state index is 8.74. The van der Waals surface area contributed by atoms with E-state index in [1.54, 1.807) is 0 Å². The first-order valence-electron chi connectivity index (χ1n) is 9.27. The molecule has 0 spiro atoms. The number of hydrogen-bond acceptors (Lipinski definition) is 5. The van der Waals surface area contributed by atoms with Crippen molar-refractivity contribution in [3.63, 3.8) is 0 Å². The Morgan fingerprint density at radius 2 is 1.46 bits per heavy atom. The van der Waals surface area contributed by atoms with Crippen LogP contribution in [-0.4, -0.2) is 25.0 Å². The van der Waals surface area contributed by atoms with Crippen LogP contribution >= 0.6 is 11.6 Å². The fourth-order valence-electron chi connectivity index (χ4n) is 3.12. The lowest BCUT2D eigenvalue weighted by Gasteiger charge is -2.26. The van der Waals surface area contributed by atoms with Crippen molar-refractivity contribution in [1.29, 1.82) is 5.41 Å². The molecule has 0 bridgehead atoms. The molecule has 1 saturated heterocycles. The van der Waals surface area contributed by atoms with E-state index in [1.807, 2.05) is 60.7 Å². The summed E-state index contributed by atoms with van der Waals surface area (Å²) in [5.74, 6) is 0.352. The van der Waals surface area contributed by atoms with E-state index in [-0.39, 0.29) is 16.8 Å². The summed E-state index contributed by atoms with van der Waals surface area (Å²) in [7, 11) is 0. The van der Waals surface area contributed by atoms with Crippen LogP contribution in [-0.2, 0) is 4.74 Å². The van der Waals surface area contributed by atoms with Crippen molar-refractivity contribution in [2.45, 2.75) is 18.9 Å². The quantitative estimate of drug-likeness (QED) is 0.443. The van der Waals surface area contributed by atoms with Gasteiger partial charge in [-0.05, 0) is 18.4 Å². The zero-order chi connectivity index (χ0) is 19.9. The molecule has 0 saturated carbocycles. The third kappa shape index (κ3) is 4.74. The van der Waals surface area contributed by atoms with Gasteiger partial charge < -0.3 is 21.5 Å². The highest BCUT2D eigenvalue weighted by Gasteiger charge is 2.22. The van der Waals surface area contributed by atoms with Crippen LogP contribution in [0.3, 0.4) is 0 Å². The topological polar surface area (TPSA) is 97.2 Å². The van der Waals surface area contributed by atoms with Crippen molar-refractivity contribution >= 4 is 23.0 Å². The molecule has 146 valence electrons. The van der Waals surface area contributed by atoms with E-state index in [1.165, 1.54) is 0 Å². The highest BCUT2D eigenvalue weighted by molar-refractivity contribution is 6.39. The van der Waals surface area contributed by atoms with Crippen molar-refractivity contribution in [3.05, 3.63) is 88.2 Å². The summed E-state index contributed by atoms with van der Waals surface area (Å²) in [4.78, 5) is 0. The molecule has 1 aliphatic heterocycles. The van der Waals surface area contributed by atoms with Crippen molar-refractivity contribution in [3.8, 4) is 0 Å². The lowest BCUT2D eigenvalue weighted by molar-refractivity contribution is 0.0803. The van der Waals surface area contributed by atoms with Gasteiger partial charge in [-0.1, -0.05) is 72.3 Å². The van der Waals surface area contributed by atoms with Gasteiger partial charge >= 0.3 is 0 Å². The van der Waals surface area contributed by atoms with Crippen LogP contribution in [0, 0.1) is 5.41 Å². The molecule has 0 aliphatic carbocycles. The van der Waals surface area contributed by atoms with Gasteiger partial charge in [0.05, 0.1) is 22.0 Å². The second kappa shape index (κ2) is 9.44. The third-order valence-electron chi connectivity index (χ3n) is 4.70. The minimum atomic E-state index is 0.176. The molecule has 0 aromatic heterocycles. The molecule has 6 heteroatoms. The van der Waals surface area contributed by atoms with Gasteiger partial charge in [0.2, 0.25) is 0 Å². The molecule has 5 nitrogen and oxygen atoms in total. The Balaban J connectivity index is 2.03. The van der Waals surface area contributed by atoms with Crippen LogP contribution in [0.1, 0.15) is 24.0 Å². The van der Waals surface area contributed by atoms with Gasteiger partial charge in [-0.2, -0.15) is 0 Å². The Bertz CT molecular complexity index is 872. The van der Waals surface area contributed by atoms with Crippen molar-refractivity contribution in [2.24, 2.45) is 11.5 Å². The first-order valence-corrected chi connectivity index (χ1v) is 9.65. The monoisotopic (exact) mass is 396 g/mol. The molecule has 28 heavy (non-hydrogen) atoms. The maximum Gasteiger partial charge on any atom is 0.107 e. The minimum absolute atomic E-state index is 0.176. The summed E-state index contributed by atoms with van der Waals surface area (Å²) >= 11 is 6.70. The summed E-state index contributed by atoms with van der Waals surface area (Å²) in [6.45, 7) is 1.37. The second-order valence-corrected chi connectivity index (χ2v) is 7.03. The van der Waals surface area contributed by atoms with Gasteiger partial charge in [0.1, 0.15) is 5.82 Å². The van der Waals surface area contributed by atoms with E-state index in [0.717, 1.165) is 18.4 Å². The summed E-state index contributed by atoms with van der Waals surface area (Å²) in [6, 6.07) is 19.0. The number of rotatable bonds is 6. The van der Waals surface area contributed by atoms with Crippen molar-refractivity contribution in [2.75, 3.05) is 13.2 Å². The number of benzene rings is 2. The summed E-state index contributed by atoms with van der Waals surface area (Å²) in [5.41, 5.74) is 15.3. The standard InChI is InChI=1S/C22H25ClN4O/c23-19(21(25)16-9-5-2-6-10-16)18(20(24)15-7-3-1-4-8-15)22(26)27-17-11-13-28-14-12-17/h1-10,17,24,27H,11-14,25-26H2/b21-19+,22-18-,24-20?. The van der Waals surface area contributed by atoms with E-state index in [0.29, 0.717) is 35.9 Å². The van der Waals surface area contributed by atoms with Crippen LogP contribution in [0.4, 0.5) is 0 Å². The van der Waals surface area contributed by atoms with Crippen LogP contribution < -0.4 is 16.8 Å². The highest BCUT2D eigenvalue weighted by atomic mass is 35.5. The largest absolute Gasteiger partial charge is 0.397 e. The smallest absolute Gasteiger partial charge is 0.107 e. The molecular formula is C22H25ClN4O. The fraction of sp³-hybridized carbons (Fsp3) is 0.227. The maximum atomic E-state index is 8.74. The Hall–Kier alpha value is -2.76. The molecule has 0 radical (unpaired) electrons. The Morgan fingerprint density at radius 3 is 2.04 bits per heavy atom. The molecule has 3 rings (SSSR count). The van der Waals surface area contributed by atoms with Gasteiger partial charge in [0.25, 0.3) is 0 Å². The number of allylic oxidation sites excluding steroid dienone is 2. The number of nitrogens with two attached hydrogens (primary N) is 2. The van der Waals surface area contributed by atoms with E-state index in [9.17, 15) is 0 Å². The fourth-order valence-corrected chi connectivity index (χ4v) is 3.43. The zero-order valence-electron chi connectivity index (χ0n) is 15.6. The number of halogens is 1. The van der Waals surface area contributed by atoms with Gasteiger partial charge in [-0.25, -0.2) is 0 Å². The number of nitrogens with one attached hydrogen (secondary N) is 2. The van der Waals surface area contributed by atoms with E-state index >= 15 is 0 Å². The van der Waals surface area contributed by atoms with Gasteiger partial charge in [0.15, 0.2) is 0 Å². The molecule has 6 N–H and O–H groups in total. The zero-order valence-corrected chi connectivity index (χ0v) is 16.4. The Morgan fingerprint density at radius 1 is 0.929 bits per heavy atom. The lowest BCUT2D eigenvalue weighted by Crippen LogP contribution is -2.38. The number of ether oxygens (including phenoxy) is 1. The molecule has 2 aromatic rings. The Kier molecular flexibility index (Phi) is 6.74. The molecule has 1 heterocycles.